The molecule has 128 valence electrons. The van der Waals surface area contributed by atoms with Crippen LogP contribution in [0.15, 0.2) is 24.3 Å². The van der Waals surface area contributed by atoms with Crippen LogP contribution >= 0.6 is 0 Å². The number of ether oxygens (including phenoxy) is 2. The van der Waals surface area contributed by atoms with E-state index in [1.54, 1.807) is 11.0 Å². The second kappa shape index (κ2) is 7.54. The molecule has 0 bridgehead atoms. The van der Waals surface area contributed by atoms with Gasteiger partial charge in [-0.25, -0.2) is 0 Å². The van der Waals surface area contributed by atoms with Crippen LogP contribution in [-0.4, -0.2) is 48.6 Å². The smallest absolute Gasteiger partial charge is 0.489 e. The zero-order chi connectivity index (χ0) is 16.9. The molecule has 1 aliphatic rings. The first-order valence-corrected chi connectivity index (χ1v) is 7.25. The van der Waals surface area contributed by atoms with Gasteiger partial charge in [0.05, 0.1) is 13.2 Å². The normalized spacial score (nSPS) is 19.3. The van der Waals surface area contributed by atoms with Crippen molar-refractivity contribution in [3.63, 3.8) is 0 Å². The topological polar surface area (TPSA) is 59.0 Å². The molecule has 1 aromatic carbocycles. The van der Waals surface area contributed by atoms with E-state index in [1.165, 1.54) is 18.2 Å². The SMILES string of the molecule is O=C(O)CN1CCC[C@@H](COc2ccccc2OC(F)(F)F)C1. The highest BCUT2D eigenvalue weighted by atomic mass is 19.4. The quantitative estimate of drug-likeness (QED) is 0.867. The lowest BCUT2D eigenvalue weighted by Gasteiger charge is -2.31. The zero-order valence-electron chi connectivity index (χ0n) is 12.4. The minimum Gasteiger partial charge on any atom is -0.489 e. The maximum Gasteiger partial charge on any atom is 0.573 e. The average Bonchev–Trinajstić information content (AvgIpc) is 2.44. The summed E-state index contributed by atoms with van der Waals surface area (Å²) < 4.78 is 46.5. The second-order valence-electron chi connectivity index (χ2n) is 5.44. The summed E-state index contributed by atoms with van der Waals surface area (Å²) in [5.41, 5.74) is 0. The van der Waals surface area contributed by atoms with Crippen LogP contribution in [0, 0.1) is 5.92 Å². The number of carbonyl (C=O) groups is 1. The second-order valence-corrected chi connectivity index (χ2v) is 5.44. The Kier molecular flexibility index (Phi) is 5.70. The van der Waals surface area contributed by atoms with Crippen molar-refractivity contribution < 1.29 is 32.5 Å². The van der Waals surface area contributed by atoms with Crippen molar-refractivity contribution >= 4 is 5.97 Å². The van der Waals surface area contributed by atoms with Gasteiger partial charge in [0.15, 0.2) is 11.5 Å². The molecule has 1 heterocycles. The van der Waals surface area contributed by atoms with Crippen LogP contribution in [0.3, 0.4) is 0 Å². The molecule has 8 heteroatoms. The lowest BCUT2D eigenvalue weighted by Crippen LogP contribution is -2.40. The molecule has 0 saturated carbocycles. The van der Waals surface area contributed by atoms with Gasteiger partial charge in [0.1, 0.15) is 0 Å². The number of piperidine rings is 1. The Morgan fingerprint density at radius 3 is 2.65 bits per heavy atom. The van der Waals surface area contributed by atoms with Crippen molar-refractivity contribution in [3.8, 4) is 11.5 Å². The number of carboxylic acids is 1. The van der Waals surface area contributed by atoms with Crippen molar-refractivity contribution in [1.82, 2.24) is 4.90 Å². The fourth-order valence-corrected chi connectivity index (χ4v) is 2.61. The van der Waals surface area contributed by atoms with Gasteiger partial charge in [-0.15, -0.1) is 13.2 Å². The maximum atomic E-state index is 12.3. The third-order valence-corrected chi connectivity index (χ3v) is 3.51. The molecule has 1 aromatic rings. The third kappa shape index (κ3) is 5.97. The van der Waals surface area contributed by atoms with Crippen molar-refractivity contribution in [3.05, 3.63) is 24.3 Å². The van der Waals surface area contributed by atoms with E-state index < -0.39 is 12.3 Å². The standard InChI is InChI=1S/C15H18F3NO4/c16-15(17,18)23-13-6-2-1-5-12(13)22-10-11-4-3-7-19(8-11)9-14(20)21/h1-2,5-6,11H,3-4,7-10H2,(H,20,21)/t11-/m1/s1. The first-order valence-electron chi connectivity index (χ1n) is 7.25. The van der Waals surface area contributed by atoms with E-state index in [-0.39, 0.29) is 30.6 Å². The van der Waals surface area contributed by atoms with Crippen molar-refractivity contribution in [2.75, 3.05) is 26.2 Å². The molecule has 0 unspecified atom stereocenters. The molecule has 0 aromatic heterocycles. The van der Waals surface area contributed by atoms with E-state index in [9.17, 15) is 18.0 Å². The number of likely N-dealkylation sites (tertiary alicyclic amines) is 1. The van der Waals surface area contributed by atoms with Gasteiger partial charge < -0.3 is 14.6 Å². The van der Waals surface area contributed by atoms with Gasteiger partial charge in [-0.1, -0.05) is 12.1 Å². The molecule has 1 saturated heterocycles. The molecular formula is C15H18F3NO4. The first kappa shape index (κ1) is 17.4. The summed E-state index contributed by atoms with van der Waals surface area (Å²) in [6, 6.07) is 5.61. The van der Waals surface area contributed by atoms with Crippen LogP contribution in [0.25, 0.3) is 0 Å². The number of hydrogen-bond donors (Lipinski definition) is 1. The molecule has 1 aliphatic heterocycles. The number of benzene rings is 1. The highest BCUT2D eigenvalue weighted by molar-refractivity contribution is 5.69. The van der Waals surface area contributed by atoms with Gasteiger partial charge in [0.25, 0.3) is 0 Å². The number of aliphatic carboxylic acids is 1. The van der Waals surface area contributed by atoms with Crippen LogP contribution in [0.5, 0.6) is 11.5 Å². The largest absolute Gasteiger partial charge is 0.573 e. The predicted molar refractivity (Wildman–Crippen MR) is 75.4 cm³/mol. The van der Waals surface area contributed by atoms with E-state index in [2.05, 4.69) is 4.74 Å². The van der Waals surface area contributed by atoms with Crippen LogP contribution in [0.4, 0.5) is 13.2 Å². The summed E-state index contributed by atoms with van der Waals surface area (Å²) >= 11 is 0. The minimum atomic E-state index is -4.78. The Hall–Kier alpha value is -1.96. The molecule has 0 aliphatic carbocycles. The van der Waals surface area contributed by atoms with Crippen LogP contribution < -0.4 is 9.47 Å². The summed E-state index contributed by atoms with van der Waals surface area (Å²) in [6.07, 6.45) is -3.09. The van der Waals surface area contributed by atoms with Gasteiger partial charge in [-0.05, 0) is 31.5 Å². The Bertz CT molecular complexity index is 536. The third-order valence-electron chi connectivity index (χ3n) is 3.51. The Balaban J connectivity index is 1.91. The highest BCUT2D eigenvalue weighted by Gasteiger charge is 2.32. The Morgan fingerprint density at radius 1 is 1.30 bits per heavy atom. The van der Waals surface area contributed by atoms with Crippen LogP contribution in [0.1, 0.15) is 12.8 Å². The number of nitrogens with zero attached hydrogens (tertiary/aromatic N) is 1. The molecular weight excluding hydrogens is 315 g/mol. The number of para-hydroxylation sites is 2. The Morgan fingerprint density at radius 2 is 2.00 bits per heavy atom. The van der Waals surface area contributed by atoms with E-state index in [4.69, 9.17) is 9.84 Å². The number of halogens is 3. The number of rotatable bonds is 6. The molecule has 1 N–H and O–H groups in total. The van der Waals surface area contributed by atoms with Gasteiger partial charge in [0, 0.05) is 12.5 Å². The van der Waals surface area contributed by atoms with Gasteiger partial charge >= 0.3 is 12.3 Å². The number of hydrogen-bond acceptors (Lipinski definition) is 4. The van der Waals surface area contributed by atoms with E-state index >= 15 is 0 Å². The van der Waals surface area contributed by atoms with Crippen molar-refractivity contribution in [1.29, 1.82) is 0 Å². The van der Waals surface area contributed by atoms with Gasteiger partial charge in [-0.3, -0.25) is 9.69 Å². The summed E-state index contributed by atoms with van der Waals surface area (Å²) in [5, 5.41) is 8.81. The molecule has 1 atom stereocenters. The molecule has 23 heavy (non-hydrogen) atoms. The molecule has 2 rings (SSSR count). The molecule has 5 nitrogen and oxygen atoms in total. The fourth-order valence-electron chi connectivity index (χ4n) is 2.61. The van der Waals surface area contributed by atoms with E-state index in [1.807, 2.05) is 0 Å². The molecule has 0 radical (unpaired) electrons. The van der Waals surface area contributed by atoms with Gasteiger partial charge in [0.2, 0.25) is 0 Å². The van der Waals surface area contributed by atoms with Crippen LogP contribution in [-0.2, 0) is 4.79 Å². The van der Waals surface area contributed by atoms with Crippen molar-refractivity contribution in [2.45, 2.75) is 19.2 Å². The first-order chi connectivity index (χ1) is 10.8. The summed E-state index contributed by atoms with van der Waals surface area (Å²) in [7, 11) is 0. The highest BCUT2D eigenvalue weighted by Crippen LogP contribution is 2.32. The minimum absolute atomic E-state index is 0.0279. The lowest BCUT2D eigenvalue weighted by atomic mass is 9.99. The predicted octanol–water partition coefficient (Wildman–Crippen LogP) is 2.76. The molecule has 0 amide bonds. The maximum absolute atomic E-state index is 12.3. The van der Waals surface area contributed by atoms with Gasteiger partial charge in [-0.2, -0.15) is 0 Å². The number of carboxylic acid groups (broad SMARTS) is 1. The number of alkyl halides is 3. The molecule has 1 fully saturated rings. The monoisotopic (exact) mass is 333 g/mol. The molecule has 0 spiro atoms. The lowest BCUT2D eigenvalue weighted by molar-refractivity contribution is -0.275. The average molecular weight is 333 g/mol. The van der Waals surface area contributed by atoms with E-state index in [0.717, 1.165) is 12.8 Å². The Labute approximate surface area is 131 Å². The van der Waals surface area contributed by atoms with Crippen molar-refractivity contribution in [2.24, 2.45) is 5.92 Å². The van der Waals surface area contributed by atoms with Crippen LogP contribution in [0.2, 0.25) is 0 Å². The summed E-state index contributed by atoms with van der Waals surface area (Å²) in [5.74, 6) is -1.17. The zero-order valence-corrected chi connectivity index (χ0v) is 12.4. The fraction of sp³-hybridized carbons (Fsp3) is 0.533. The summed E-state index contributed by atoms with van der Waals surface area (Å²) in [4.78, 5) is 12.5. The van der Waals surface area contributed by atoms with E-state index in [0.29, 0.717) is 13.1 Å². The summed E-state index contributed by atoms with van der Waals surface area (Å²) in [6.45, 7) is 1.43.